The van der Waals surface area contributed by atoms with Crippen molar-refractivity contribution >= 4 is 22.6 Å². The molecule has 1 aromatic heterocycles. The number of fused-ring (bicyclic) bond motifs is 1. The molecule has 0 amide bonds. The second kappa shape index (κ2) is 9.89. The lowest BCUT2D eigenvalue weighted by Gasteiger charge is -2.32. The monoisotopic (exact) mass is 461 g/mol. The summed E-state index contributed by atoms with van der Waals surface area (Å²) in [7, 11) is -1.15. The van der Waals surface area contributed by atoms with Gasteiger partial charge in [0.2, 0.25) is 5.95 Å². The molecule has 10 heteroatoms. The lowest BCUT2D eigenvalue weighted by molar-refractivity contribution is 0.170. The van der Waals surface area contributed by atoms with Crippen LogP contribution in [0.3, 0.4) is 0 Å². The standard InChI is InChI=1S/C22H28FN5O3S/c1-14(2)19(13-24-29)25-21-20-18(9-12-32(20)30)26-22(27-21)28-10-7-17(8-11-28)31-16-5-3-15(23)4-6-16/h3-6,14,17,19H,7-13H2,1-2H3,(H,25,26,27)/t19-,32?/m0/s1. The highest BCUT2D eigenvalue weighted by Gasteiger charge is 2.30. The third-order valence-corrected chi connectivity index (χ3v) is 7.37. The Morgan fingerprint density at radius 3 is 2.62 bits per heavy atom. The van der Waals surface area contributed by atoms with Crippen molar-refractivity contribution in [2.24, 2.45) is 11.1 Å². The molecule has 2 aromatic rings. The maximum atomic E-state index is 13.1. The minimum Gasteiger partial charge on any atom is -0.490 e. The number of halogens is 1. The zero-order valence-electron chi connectivity index (χ0n) is 18.3. The molecule has 2 aliphatic rings. The molecule has 2 aliphatic heterocycles. The lowest BCUT2D eigenvalue weighted by Crippen LogP contribution is -2.39. The molecule has 0 spiro atoms. The Bertz CT molecular complexity index is 980. The second-order valence-corrected chi connectivity index (χ2v) is 10.0. The fourth-order valence-corrected chi connectivity index (χ4v) is 5.30. The zero-order valence-corrected chi connectivity index (χ0v) is 19.1. The van der Waals surface area contributed by atoms with E-state index in [4.69, 9.17) is 14.7 Å². The van der Waals surface area contributed by atoms with Crippen LogP contribution in [-0.4, -0.2) is 51.7 Å². The van der Waals surface area contributed by atoms with Gasteiger partial charge < -0.3 is 15.0 Å². The SMILES string of the molecule is CC(C)[C@H](CN=O)Nc1nc(N2CCC(Oc3ccc(F)cc3)CC2)nc2c1S(=O)CC2. The first kappa shape index (κ1) is 22.6. The Hall–Kier alpha value is -2.62. The summed E-state index contributed by atoms with van der Waals surface area (Å²) in [5.74, 6) is 2.23. The molecule has 1 saturated heterocycles. The van der Waals surface area contributed by atoms with E-state index in [1.165, 1.54) is 12.1 Å². The number of ether oxygens (including phenoxy) is 1. The van der Waals surface area contributed by atoms with Crippen molar-refractivity contribution in [3.63, 3.8) is 0 Å². The van der Waals surface area contributed by atoms with Crippen LogP contribution in [0.1, 0.15) is 32.4 Å². The maximum absolute atomic E-state index is 13.1. The molecule has 2 atom stereocenters. The van der Waals surface area contributed by atoms with Crippen molar-refractivity contribution in [1.29, 1.82) is 0 Å². The summed E-state index contributed by atoms with van der Waals surface area (Å²) >= 11 is 0. The molecule has 1 aromatic carbocycles. The number of benzene rings is 1. The van der Waals surface area contributed by atoms with Gasteiger partial charge in [-0.25, -0.2) is 9.37 Å². The molecule has 0 bridgehead atoms. The molecule has 1 unspecified atom stereocenters. The highest BCUT2D eigenvalue weighted by molar-refractivity contribution is 7.85. The molecule has 172 valence electrons. The van der Waals surface area contributed by atoms with E-state index >= 15 is 0 Å². The predicted octanol–water partition coefficient (Wildman–Crippen LogP) is 3.53. The van der Waals surface area contributed by atoms with Crippen molar-refractivity contribution in [3.05, 3.63) is 40.7 Å². The fraction of sp³-hybridized carbons (Fsp3) is 0.545. The van der Waals surface area contributed by atoms with E-state index in [9.17, 15) is 13.5 Å². The van der Waals surface area contributed by atoms with Crippen LogP contribution in [-0.2, 0) is 17.2 Å². The van der Waals surface area contributed by atoms with E-state index in [0.29, 0.717) is 34.6 Å². The quantitative estimate of drug-likeness (QED) is 0.601. The molecule has 1 N–H and O–H groups in total. The van der Waals surface area contributed by atoms with Crippen molar-refractivity contribution in [1.82, 2.24) is 9.97 Å². The number of aromatic nitrogens is 2. The number of nitrogens with zero attached hydrogens (tertiary/aromatic N) is 4. The van der Waals surface area contributed by atoms with Gasteiger partial charge in [0.05, 0.1) is 22.5 Å². The van der Waals surface area contributed by atoms with Gasteiger partial charge in [-0.2, -0.15) is 9.89 Å². The van der Waals surface area contributed by atoms with Crippen LogP contribution < -0.4 is 15.0 Å². The first-order valence-electron chi connectivity index (χ1n) is 11.0. The van der Waals surface area contributed by atoms with Crippen LogP contribution in [0.4, 0.5) is 16.2 Å². The molecule has 4 rings (SSSR count). The lowest BCUT2D eigenvalue weighted by atomic mass is 10.0. The van der Waals surface area contributed by atoms with Gasteiger partial charge in [0.25, 0.3) is 0 Å². The fourth-order valence-electron chi connectivity index (χ4n) is 3.98. The van der Waals surface area contributed by atoms with E-state index in [0.717, 1.165) is 31.6 Å². The van der Waals surface area contributed by atoms with Gasteiger partial charge in [-0.3, -0.25) is 4.21 Å². The molecule has 3 heterocycles. The van der Waals surface area contributed by atoms with Gasteiger partial charge in [-0.1, -0.05) is 19.0 Å². The van der Waals surface area contributed by atoms with Gasteiger partial charge in [0, 0.05) is 38.1 Å². The van der Waals surface area contributed by atoms with Gasteiger partial charge >= 0.3 is 0 Å². The normalized spacial score (nSPS) is 19.6. The van der Waals surface area contributed by atoms with Gasteiger partial charge in [-0.15, -0.1) is 0 Å². The number of rotatable bonds is 8. The summed E-state index contributed by atoms with van der Waals surface area (Å²) in [6.07, 6.45) is 2.27. The summed E-state index contributed by atoms with van der Waals surface area (Å²) in [4.78, 5) is 23.1. The molecule has 1 fully saturated rings. The van der Waals surface area contributed by atoms with Crippen LogP contribution in [0.15, 0.2) is 34.3 Å². The van der Waals surface area contributed by atoms with Crippen LogP contribution in [0.25, 0.3) is 0 Å². The highest BCUT2D eigenvalue weighted by Crippen LogP contribution is 2.32. The third-order valence-electron chi connectivity index (χ3n) is 5.92. The number of hydrogen-bond donors (Lipinski definition) is 1. The average molecular weight is 462 g/mol. The molecule has 0 radical (unpaired) electrons. The van der Waals surface area contributed by atoms with E-state index in [-0.39, 0.29) is 30.4 Å². The van der Waals surface area contributed by atoms with E-state index in [2.05, 4.69) is 15.4 Å². The van der Waals surface area contributed by atoms with Crippen LogP contribution in [0.5, 0.6) is 5.75 Å². The molecule has 8 nitrogen and oxygen atoms in total. The summed E-state index contributed by atoms with van der Waals surface area (Å²) in [6, 6.07) is 5.88. The van der Waals surface area contributed by atoms with E-state index in [1.807, 2.05) is 13.8 Å². The summed E-state index contributed by atoms with van der Waals surface area (Å²) < 4.78 is 31.7. The van der Waals surface area contributed by atoms with Crippen molar-refractivity contribution in [3.8, 4) is 5.75 Å². The van der Waals surface area contributed by atoms with Gasteiger partial charge in [-0.05, 0) is 30.2 Å². The Morgan fingerprint density at radius 1 is 1.25 bits per heavy atom. The van der Waals surface area contributed by atoms with Crippen molar-refractivity contribution < 1.29 is 13.3 Å². The summed E-state index contributed by atoms with van der Waals surface area (Å²) in [5, 5.41) is 6.36. The Balaban J connectivity index is 1.48. The number of hydrogen-bond acceptors (Lipinski definition) is 8. The summed E-state index contributed by atoms with van der Waals surface area (Å²) in [5.41, 5.74) is 0.807. The second-order valence-electron chi connectivity index (χ2n) is 8.51. The number of anilines is 2. The minimum absolute atomic E-state index is 0.0419. The van der Waals surface area contributed by atoms with Crippen LogP contribution in [0.2, 0.25) is 0 Å². The Morgan fingerprint density at radius 2 is 1.97 bits per heavy atom. The molecule has 0 saturated carbocycles. The third kappa shape index (κ3) is 5.06. The number of nitrogens with one attached hydrogen (secondary N) is 1. The van der Waals surface area contributed by atoms with E-state index in [1.54, 1.807) is 12.1 Å². The minimum atomic E-state index is -1.15. The molecule has 0 aliphatic carbocycles. The predicted molar refractivity (Wildman–Crippen MR) is 122 cm³/mol. The number of piperidine rings is 1. The average Bonchev–Trinajstić information content (AvgIpc) is 3.16. The van der Waals surface area contributed by atoms with Crippen molar-refractivity contribution in [2.45, 2.75) is 50.2 Å². The number of aryl methyl sites for hydroxylation is 1. The Kier molecular flexibility index (Phi) is 6.98. The van der Waals surface area contributed by atoms with Gasteiger partial charge in [0.15, 0.2) is 0 Å². The van der Waals surface area contributed by atoms with Crippen LogP contribution >= 0.6 is 0 Å². The maximum Gasteiger partial charge on any atom is 0.227 e. The largest absolute Gasteiger partial charge is 0.490 e. The Labute approximate surface area is 189 Å². The first-order valence-corrected chi connectivity index (χ1v) is 12.3. The first-order chi connectivity index (χ1) is 15.4. The highest BCUT2D eigenvalue weighted by atomic mass is 32.2. The van der Waals surface area contributed by atoms with Crippen LogP contribution in [0, 0.1) is 16.6 Å². The number of nitroso groups, excluding NO2 is 1. The topological polar surface area (TPSA) is 96.8 Å². The molecular formula is C22H28FN5O3S. The smallest absolute Gasteiger partial charge is 0.227 e. The van der Waals surface area contributed by atoms with Crippen molar-refractivity contribution in [2.75, 3.05) is 35.6 Å². The van der Waals surface area contributed by atoms with Gasteiger partial charge in [0.1, 0.15) is 34.9 Å². The molecular weight excluding hydrogens is 433 g/mol. The molecule has 32 heavy (non-hydrogen) atoms. The van der Waals surface area contributed by atoms with E-state index < -0.39 is 10.8 Å². The summed E-state index contributed by atoms with van der Waals surface area (Å²) in [6.45, 7) is 5.57. The zero-order chi connectivity index (χ0) is 22.7.